The average Bonchev–Trinajstić information content (AvgIpc) is 2.65. The van der Waals surface area contributed by atoms with E-state index in [2.05, 4.69) is 32.2 Å². The van der Waals surface area contributed by atoms with Crippen molar-refractivity contribution in [2.75, 3.05) is 19.0 Å². The normalized spacial score (nSPS) is 12.2. The second-order valence-electron chi connectivity index (χ2n) is 5.29. The van der Waals surface area contributed by atoms with Crippen LogP contribution in [0.1, 0.15) is 37.6 Å². The van der Waals surface area contributed by atoms with Gasteiger partial charge in [-0.3, -0.25) is 0 Å². The Labute approximate surface area is 153 Å². The third-order valence-corrected chi connectivity index (χ3v) is 4.10. The van der Waals surface area contributed by atoms with E-state index in [1.54, 1.807) is 6.21 Å². The minimum Gasteiger partial charge on any atom is -0.488 e. The number of halogens is 1. The monoisotopic (exact) mass is 362 g/mol. The lowest BCUT2D eigenvalue weighted by atomic mass is 10.0. The molecule has 0 amide bonds. The third-order valence-electron chi connectivity index (χ3n) is 3.70. The lowest BCUT2D eigenvalue weighted by Gasteiger charge is -2.19. The summed E-state index contributed by atoms with van der Waals surface area (Å²) in [6.45, 7) is 4.49. The van der Waals surface area contributed by atoms with Crippen LogP contribution in [0.15, 0.2) is 35.7 Å². The van der Waals surface area contributed by atoms with Gasteiger partial charge in [-0.25, -0.2) is 9.97 Å². The van der Waals surface area contributed by atoms with Gasteiger partial charge < -0.3 is 14.9 Å². The summed E-state index contributed by atoms with van der Waals surface area (Å²) in [6.07, 6.45) is 4.76. The first kappa shape index (κ1) is 19.0. The summed E-state index contributed by atoms with van der Waals surface area (Å²) in [5, 5.41) is 7.62. The summed E-state index contributed by atoms with van der Waals surface area (Å²) < 4.78 is 5.55. The molecule has 0 saturated heterocycles. The van der Waals surface area contributed by atoms with Gasteiger partial charge in [0.05, 0.1) is 18.0 Å². The van der Waals surface area contributed by atoms with E-state index in [0.717, 1.165) is 29.8 Å². The second kappa shape index (κ2) is 9.84. The van der Waals surface area contributed by atoms with Crippen molar-refractivity contribution >= 4 is 23.6 Å². The van der Waals surface area contributed by atoms with Crippen molar-refractivity contribution in [3.63, 3.8) is 0 Å². The number of hydrogen-bond acceptors (Lipinski definition) is 6. The van der Waals surface area contributed by atoms with Gasteiger partial charge in [-0.15, -0.1) is 0 Å². The molecule has 1 aromatic carbocycles. The van der Waals surface area contributed by atoms with E-state index in [9.17, 15) is 0 Å². The number of aryl methyl sites for hydroxylation is 1. The van der Waals surface area contributed by atoms with Crippen LogP contribution in [-0.2, 0) is 11.3 Å². The molecule has 0 fully saturated rings. The first-order valence-corrected chi connectivity index (χ1v) is 8.61. The zero-order chi connectivity index (χ0) is 18.1. The molecule has 0 bridgehead atoms. The molecule has 1 unspecified atom stereocenters. The highest BCUT2D eigenvalue weighted by Gasteiger charge is 2.14. The lowest BCUT2D eigenvalue weighted by molar-refractivity contribution is 0.212. The van der Waals surface area contributed by atoms with Gasteiger partial charge in [0.2, 0.25) is 0 Å². The Morgan fingerprint density at radius 3 is 2.64 bits per heavy atom. The Balaban J connectivity index is 2.06. The van der Waals surface area contributed by atoms with E-state index in [1.807, 2.05) is 31.2 Å². The molecular formula is C18H23ClN4O2. The second-order valence-corrected chi connectivity index (χ2v) is 5.67. The molecular weight excluding hydrogens is 340 g/mol. The number of ether oxygens (including phenoxy) is 1. The highest BCUT2D eigenvalue weighted by molar-refractivity contribution is 6.33. The molecule has 0 aliphatic heterocycles. The molecule has 134 valence electrons. The van der Waals surface area contributed by atoms with Crippen molar-refractivity contribution in [2.24, 2.45) is 5.16 Å². The molecule has 1 heterocycles. The number of benzene rings is 1. The molecule has 0 aliphatic rings. The highest BCUT2D eigenvalue weighted by Crippen LogP contribution is 2.28. The van der Waals surface area contributed by atoms with E-state index in [4.69, 9.17) is 16.3 Å². The predicted octanol–water partition coefficient (Wildman–Crippen LogP) is 4.27. The van der Waals surface area contributed by atoms with Crippen LogP contribution in [0.3, 0.4) is 0 Å². The van der Waals surface area contributed by atoms with E-state index in [-0.39, 0.29) is 6.04 Å². The van der Waals surface area contributed by atoms with Gasteiger partial charge in [0.1, 0.15) is 36.6 Å². The molecule has 1 aromatic heterocycles. The maximum atomic E-state index is 6.38. The van der Waals surface area contributed by atoms with E-state index >= 15 is 0 Å². The summed E-state index contributed by atoms with van der Waals surface area (Å²) in [7, 11) is 1.50. The zero-order valence-corrected chi connectivity index (χ0v) is 15.5. The molecule has 0 saturated carbocycles. The third kappa shape index (κ3) is 5.32. The first-order chi connectivity index (χ1) is 12.2. The summed E-state index contributed by atoms with van der Waals surface area (Å²) >= 11 is 6.38. The minimum atomic E-state index is 0.0983. The molecule has 25 heavy (non-hydrogen) atoms. The van der Waals surface area contributed by atoms with Crippen molar-refractivity contribution in [3.05, 3.63) is 46.9 Å². The van der Waals surface area contributed by atoms with Crippen LogP contribution < -0.4 is 10.1 Å². The molecule has 0 spiro atoms. The van der Waals surface area contributed by atoms with Crippen LogP contribution in [0, 0.1) is 0 Å². The van der Waals surface area contributed by atoms with E-state index in [1.165, 1.54) is 13.4 Å². The number of oxime groups is 1. The average molecular weight is 363 g/mol. The Morgan fingerprint density at radius 2 is 2.00 bits per heavy atom. The zero-order valence-electron chi connectivity index (χ0n) is 14.7. The Bertz CT molecular complexity index is 692. The maximum absolute atomic E-state index is 6.38. The van der Waals surface area contributed by atoms with Crippen molar-refractivity contribution in [1.82, 2.24) is 9.97 Å². The van der Waals surface area contributed by atoms with Crippen LogP contribution in [0.4, 0.5) is 5.82 Å². The smallest absolute Gasteiger partial charge is 0.149 e. The van der Waals surface area contributed by atoms with E-state index < -0.39 is 0 Å². The number of rotatable bonds is 9. The summed E-state index contributed by atoms with van der Waals surface area (Å²) in [6, 6.07) is 8.01. The number of anilines is 1. The summed E-state index contributed by atoms with van der Waals surface area (Å²) in [4.78, 5) is 13.1. The molecule has 6 nitrogen and oxygen atoms in total. The summed E-state index contributed by atoms with van der Waals surface area (Å²) in [5.41, 5.74) is 1.98. The summed E-state index contributed by atoms with van der Waals surface area (Å²) in [5.74, 6) is 1.44. The number of nitrogens with one attached hydrogen (secondary N) is 1. The van der Waals surface area contributed by atoms with Crippen LogP contribution in [0.2, 0.25) is 5.02 Å². The lowest BCUT2D eigenvalue weighted by Crippen LogP contribution is -2.12. The fourth-order valence-electron chi connectivity index (χ4n) is 2.37. The van der Waals surface area contributed by atoms with Crippen molar-refractivity contribution < 1.29 is 9.57 Å². The van der Waals surface area contributed by atoms with Gasteiger partial charge in [0.15, 0.2) is 0 Å². The fourth-order valence-corrected chi connectivity index (χ4v) is 2.66. The van der Waals surface area contributed by atoms with Crippen LogP contribution in [-0.4, -0.2) is 29.9 Å². The molecule has 1 N–H and O–H groups in total. The Hall–Kier alpha value is -2.34. The maximum Gasteiger partial charge on any atom is 0.149 e. The van der Waals surface area contributed by atoms with Crippen molar-refractivity contribution in [2.45, 2.75) is 32.7 Å². The van der Waals surface area contributed by atoms with Crippen molar-refractivity contribution in [3.8, 4) is 5.75 Å². The SMILES string of the molecule is CCc1ncnc(NC(CC)c2ccc(OCC=NOC)cc2)c1Cl. The Kier molecular flexibility index (Phi) is 7.47. The van der Waals surface area contributed by atoms with Crippen molar-refractivity contribution in [1.29, 1.82) is 0 Å². The predicted molar refractivity (Wildman–Crippen MR) is 101 cm³/mol. The molecule has 2 aromatic rings. The van der Waals surface area contributed by atoms with Gasteiger partial charge >= 0.3 is 0 Å². The van der Waals surface area contributed by atoms with Crippen LogP contribution >= 0.6 is 11.6 Å². The van der Waals surface area contributed by atoms with Gasteiger partial charge in [-0.2, -0.15) is 0 Å². The van der Waals surface area contributed by atoms with Gasteiger partial charge in [-0.05, 0) is 30.5 Å². The molecule has 7 heteroatoms. The topological polar surface area (TPSA) is 68.6 Å². The van der Waals surface area contributed by atoms with Crippen LogP contribution in [0.25, 0.3) is 0 Å². The molecule has 0 aliphatic carbocycles. The first-order valence-electron chi connectivity index (χ1n) is 8.23. The largest absolute Gasteiger partial charge is 0.488 e. The molecule has 0 radical (unpaired) electrons. The van der Waals surface area contributed by atoms with Gasteiger partial charge in [0.25, 0.3) is 0 Å². The van der Waals surface area contributed by atoms with Crippen LogP contribution in [0.5, 0.6) is 5.75 Å². The quantitative estimate of drug-likeness (QED) is 0.533. The Morgan fingerprint density at radius 1 is 1.24 bits per heavy atom. The fraction of sp³-hybridized carbons (Fsp3) is 0.389. The minimum absolute atomic E-state index is 0.0983. The van der Waals surface area contributed by atoms with E-state index in [0.29, 0.717) is 17.4 Å². The number of nitrogens with zero attached hydrogens (tertiary/aromatic N) is 3. The number of hydrogen-bond donors (Lipinski definition) is 1. The standard InChI is InChI=1S/C18H23ClN4O2/c1-4-15(23-18-17(19)16(5-2)20-12-21-18)13-6-8-14(9-7-13)25-11-10-22-24-3/h6-10,12,15H,4-5,11H2,1-3H3,(H,20,21,23). The number of aromatic nitrogens is 2. The van der Waals surface area contributed by atoms with Gasteiger partial charge in [-0.1, -0.05) is 42.7 Å². The molecule has 1 atom stereocenters. The highest BCUT2D eigenvalue weighted by atomic mass is 35.5. The van der Waals surface area contributed by atoms with Gasteiger partial charge in [0, 0.05) is 0 Å². The molecule has 2 rings (SSSR count).